The highest BCUT2D eigenvalue weighted by molar-refractivity contribution is 5.93. The molecule has 1 aromatic carbocycles. The number of hydrogen-bond donors (Lipinski definition) is 1. The van der Waals surface area contributed by atoms with Gasteiger partial charge in [-0.05, 0) is 31.2 Å². The maximum atomic E-state index is 12.4. The first-order valence-electron chi connectivity index (χ1n) is 7.99. The van der Waals surface area contributed by atoms with E-state index in [0.29, 0.717) is 34.5 Å². The van der Waals surface area contributed by atoms with E-state index in [4.69, 9.17) is 13.9 Å². The van der Waals surface area contributed by atoms with Gasteiger partial charge < -0.3 is 19.2 Å². The van der Waals surface area contributed by atoms with Crippen molar-refractivity contribution in [1.82, 2.24) is 9.97 Å². The molecule has 0 fully saturated rings. The molecule has 0 radical (unpaired) electrons. The molecule has 0 saturated heterocycles. The lowest BCUT2D eigenvalue weighted by atomic mass is 10.2. The second kappa shape index (κ2) is 7.69. The van der Waals surface area contributed by atoms with Crippen LogP contribution in [0.1, 0.15) is 11.5 Å². The molecule has 7 heteroatoms. The highest BCUT2D eigenvalue weighted by atomic mass is 16.5. The molecular weight excluding hydrogens is 334 g/mol. The summed E-state index contributed by atoms with van der Waals surface area (Å²) in [4.78, 5) is 20.9. The molecule has 0 atom stereocenters. The molecule has 3 aromatic rings. The number of anilines is 1. The van der Waals surface area contributed by atoms with Crippen molar-refractivity contribution in [3.8, 4) is 23.0 Å². The third-order valence-corrected chi connectivity index (χ3v) is 3.81. The Balaban J connectivity index is 1.76. The van der Waals surface area contributed by atoms with E-state index in [9.17, 15) is 4.79 Å². The first kappa shape index (κ1) is 17.5. The van der Waals surface area contributed by atoms with Crippen LogP contribution in [0.25, 0.3) is 11.5 Å². The number of carbonyl (C=O) groups excluding carboxylic acids is 1. The SMILES string of the molecule is COc1ccc(OC)c(NC(=O)Cc2nc(-c3cccnc3)oc2C)c1. The van der Waals surface area contributed by atoms with E-state index in [1.165, 1.54) is 0 Å². The molecule has 1 amide bonds. The number of pyridine rings is 1. The van der Waals surface area contributed by atoms with E-state index in [1.54, 1.807) is 57.8 Å². The van der Waals surface area contributed by atoms with Crippen LogP contribution < -0.4 is 14.8 Å². The van der Waals surface area contributed by atoms with Crippen LogP contribution in [0.2, 0.25) is 0 Å². The van der Waals surface area contributed by atoms with Crippen molar-refractivity contribution < 1.29 is 18.7 Å². The van der Waals surface area contributed by atoms with Crippen LogP contribution in [0.15, 0.2) is 47.1 Å². The van der Waals surface area contributed by atoms with Gasteiger partial charge in [0.15, 0.2) is 0 Å². The van der Waals surface area contributed by atoms with Crippen molar-refractivity contribution in [2.45, 2.75) is 13.3 Å². The number of nitrogens with zero attached hydrogens (tertiary/aromatic N) is 2. The number of rotatable bonds is 6. The van der Waals surface area contributed by atoms with E-state index >= 15 is 0 Å². The van der Waals surface area contributed by atoms with Gasteiger partial charge in [-0.25, -0.2) is 4.98 Å². The van der Waals surface area contributed by atoms with Gasteiger partial charge in [-0.1, -0.05) is 0 Å². The lowest BCUT2D eigenvalue weighted by Crippen LogP contribution is -2.15. The van der Waals surface area contributed by atoms with Crippen molar-refractivity contribution in [3.63, 3.8) is 0 Å². The molecule has 2 aromatic heterocycles. The van der Waals surface area contributed by atoms with Crippen LogP contribution in [0.4, 0.5) is 5.69 Å². The maximum Gasteiger partial charge on any atom is 0.230 e. The Hall–Kier alpha value is -3.35. The molecule has 0 aliphatic rings. The monoisotopic (exact) mass is 353 g/mol. The fourth-order valence-corrected chi connectivity index (χ4v) is 2.46. The highest BCUT2D eigenvalue weighted by Gasteiger charge is 2.16. The van der Waals surface area contributed by atoms with E-state index < -0.39 is 0 Å². The number of hydrogen-bond acceptors (Lipinski definition) is 6. The average molecular weight is 353 g/mol. The molecule has 0 saturated carbocycles. The Kier molecular flexibility index (Phi) is 5.17. The van der Waals surface area contributed by atoms with Crippen molar-refractivity contribution in [2.24, 2.45) is 0 Å². The normalized spacial score (nSPS) is 10.4. The predicted molar refractivity (Wildman–Crippen MR) is 96.4 cm³/mol. The lowest BCUT2D eigenvalue weighted by Gasteiger charge is -2.11. The van der Waals surface area contributed by atoms with Gasteiger partial charge in [-0.15, -0.1) is 0 Å². The first-order valence-corrected chi connectivity index (χ1v) is 7.99. The maximum absolute atomic E-state index is 12.4. The Bertz CT molecular complexity index is 906. The summed E-state index contributed by atoms with van der Waals surface area (Å²) in [7, 11) is 3.10. The zero-order valence-electron chi connectivity index (χ0n) is 14.8. The third kappa shape index (κ3) is 3.83. The minimum Gasteiger partial charge on any atom is -0.497 e. The third-order valence-electron chi connectivity index (χ3n) is 3.81. The quantitative estimate of drug-likeness (QED) is 0.732. The second-order valence-electron chi connectivity index (χ2n) is 5.55. The summed E-state index contributed by atoms with van der Waals surface area (Å²) in [5.74, 6) is 1.98. The largest absolute Gasteiger partial charge is 0.497 e. The molecule has 0 spiro atoms. The number of nitrogens with one attached hydrogen (secondary N) is 1. The second-order valence-corrected chi connectivity index (χ2v) is 5.55. The average Bonchev–Trinajstić information content (AvgIpc) is 3.02. The van der Waals surface area contributed by atoms with Gasteiger partial charge in [0.1, 0.15) is 17.3 Å². The zero-order chi connectivity index (χ0) is 18.5. The summed E-state index contributed by atoms with van der Waals surface area (Å²) in [6, 6.07) is 8.85. The standard InChI is InChI=1S/C19H19N3O4/c1-12-15(22-19(26-12)13-5-4-8-20-11-13)10-18(23)21-16-9-14(24-2)6-7-17(16)25-3/h4-9,11H,10H2,1-3H3,(H,21,23). The minimum absolute atomic E-state index is 0.0793. The Labute approximate surface area is 151 Å². The van der Waals surface area contributed by atoms with Crippen molar-refractivity contribution >= 4 is 11.6 Å². The van der Waals surface area contributed by atoms with Crippen LogP contribution >= 0.6 is 0 Å². The minimum atomic E-state index is -0.231. The van der Waals surface area contributed by atoms with Crippen LogP contribution in [-0.2, 0) is 11.2 Å². The van der Waals surface area contributed by atoms with Crippen molar-refractivity contribution in [3.05, 3.63) is 54.2 Å². The van der Waals surface area contributed by atoms with Gasteiger partial charge in [-0.3, -0.25) is 9.78 Å². The van der Waals surface area contributed by atoms with Crippen LogP contribution in [0.3, 0.4) is 0 Å². The summed E-state index contributed by atoms with van der Waals surface area (Å²) in [6.45, 7) is 1.78. The number of carbonyl (C=O) groups is 1. The molecule has 0 aliphatic heterocycles. The molecule has 1 N–H and O–H groups in total. The number of benzene rings is 1. The molecule has 26 heavy (non-hydrogen) atoms. The molecular formula is C19H19N3O4. The topological polar surface area (TPSA) is 86.5 Å². The number of amides is 1. The van der Waals surface area contributed by atoms with E-state index in [1.807, 2.05) is 6.07 Å². The summed E-state index contributed by atoms with van der Waals surface area (Å²) in [6.07, 6.45) is 3.42. The van der Waals surface area contributed by atoms with Gasteiger partial charge in [-0.2, -0.15) is 0 Å². The van der Waals surface area contributed by atoms with Gasteiger partial charge in [0.05, 0.1) is 37.6 Å². The van der Waals surface area contributed by atoms with Crippen molar-refractivity contribution in [2.75, 3.05) is 19.5 Å². The molecule has 7 nitrogen and oxygen atoms in total. The lowest BCUT2D eigenvalue weighted by molar-refractivity contribution is -0.115. The van der Waals surface area contributed by atoms with E-state index in [-0.39, 0.29) is 12.3 Å². The summed E-state index contributed by atoms with van der Waals surface area (Å²) in [5, 5.41) is 2.82. The van der Waals surface area contributed by atoms with Gasteiger partial charge >= 0.3 is 0 Å². The number of oxazole rings is 1. The summed E-state index contributed by atoms with van der Waals surface area (Å²) >= 11 is 0. The summed E-state index contributed by atoms with van der Waals surface area (Å²) < 4.78 is 16.1. The number of ether oxygens (including phenoxy) is 2. The van der Waals surface area contributed by atoms with Gasteiger partial charge in [0, 0.05) is 18.5 Å². The highest BCUT2D eigenvalue weighted by Crippen LogP contribution is 2.29. The number of methoxy groups -OCH3 is 2. The number of aryl methyl sites for hydroxylation is 1. The van der Waals surface area contributed by atoms with Crippen LogP contribution in [0, 0.1) is 6.92 Å². The Morgan fingerprint density at radius 1 is 1.23 bits per heavy atom. The number of aromatic nitrogens is 2. The predicted octanol–water partition coefficient (Wildman–Crippen LogP) is 3.24. The van der Waals surface area contributed by atoms with Gasteiger partial charge in [0.2, 0.25) is 11.8 Å². The molecule has 0 unspecified atom stereocenters. The first-order chi connectivity index (χ1) is 12.6. The zero-order valence-corrected chi connectivity index (χ0v) is 14.8. The molecule has 134 valence electrons. The Morgan fingerprint density at radius 3 is 2.77 bits per heavy atom. The van der Waals surface area contributed by atoms with Crippen LogP contribution in [0.5, 0.6) is 11.5 Å². The molecule has 0 aliphatic carbocycles. The fraction of sp³-hybridized carbons (Fsp3) is 0.211. The van der Waals surface area contributed by atoms with E-state index in [2.05, 4.69) is 15.3 Å². The summed E-state index contributed by atoms with van der Waals surface area (Å²) in [5.41, 5.74) is 1.87. The van der Waals surface area contributed by atoms with Crippen LogP contribution in [-0.4, -0.2) is 30.1 Å². The molecule has 2 heterocycles. The fourth-order valence-electron chi connectivity index (χ4n) is 2.46. The van der Waals surface area contributed by atoms with Crippen molar-refractivity contribution in [1.29, 1.82) is 0 Å². The Morgan fingerprint density at radius 2 is 2.08 bits per heavy atom. The molecule has 3 rings (SSSR count). The van der Waals surface area contributed by atoms with E-state index in [0.717, 1.165) is 5.56 Å². The molecule has 0 bridgehead atoms. The van der Waals surface area contributed by atoms with Gasteiger partial charge in [0.25, 0.3) is 0 Å². The smallest absolute Gasteiger partial charge is 0.230 e.